The molecule has 1 fully saturated rings. The molecule has 1 saturated heterocycles. The maximum atomic E-state index is 8.81. The van der Waals surface area contributed by atoms with Crippen LogP contribution in [0.2, 0.25) is 0 Å². The molecule has 1 aromatic rings. The van der Waals surface area contributed by atoms with Gasteiger partial charge in [0.25, 0.3) is 0 Å². The Morgan fingerprint density at radius 2 is 2.39 bits per heavy atom. The predicted octanol–water partition coefficient (Wildman–Crippen LogP) is -0.157. The van der Waals surface area contributed by atoms with Crippen molar-refractivity contribution in [1.82, 2.24) is 25.2 Å². The van der Waals surface area contributed by atoms with E-state index in [0.717, 1.165) is 18.8 Å². The zero-order chi connectivity index (χ0) is 13.0. The van der Waals surface area contributed by atoms with E-state index in [1.807, 2.05) is 6.20 Å². The van der Waals surface area contributed by atoms with Crippen LogP contribution in [0.15, 0.2) is 6.20 Å². The van der Waals surface area contributed by atoms with Gasteiger partial charge in [-0.1, -0.05) is 5.21 Å². The standard InChI is InChI=1S/C12H23N5O/c1-10-7-11(3-4-16(10)2)13-8-12-9-17(5-6-18)15-14-12/h9-11,13,18H,3-8H2,1-2H3. The van der Waals surface area contributed by atoms with E-state index in [1.54, 1.807) is 4.68 Å². The SMILES string of the molecule is CC1CC(NCc2cn(CCO)nn2)CCN1C. The maximum absolute atomic E-state index is 8.81. The van der Waals surface area contributed by atoms with Crippen molar-refractivity contribution < 1.29 is 5.11 Å². The summed E-state index contributed by atoms with van der Waals surface area (Å²) in [7, 11) is 2.18. The summed E-state index contributed by atoms with van der Waals surface area (Å²) in [5.41, 5.74) is 0.940. The van der Waals surface area contributed by atoms with E-state index >= 15 is 0 Å². The summed E-state index contributed by atoms with van der Waals surface area (Å²) in [6.45, 7) is 4.79. The molecule has 2 atom stereocenters. The fourth-order valence-corrected chi connectivity index (χ4v) is 2.35. The first-order valence-electron chi connectivity index (χ1n) is 6.62. The lowest BCUT2D eigenvalue weighted by molar-refractivity contribution is 0.168. The van der Waals surface area contributed by atoms with Crippen molar-refractivity contribution in [2.45, 2.75) is 44.9 Å². The topological polar surface area (TPSA) is 66.2 Å². The van der Waals surface area contributed by atoms with Crippen molar-refractivity contribution in [3.05, 3.63) is 11.9 Å². The Hall–Kier alpha value is -0.980. The van der Waals surface area contributed by atoms with Crippen molar-refractivity contribution in [1.29, 1.82) is 0 Å². The lowest BCUT2D eigenvalue weighted by Crippen LogP contribution is -2.45. The average molecular weight is 253 g/mol. The summed E-state index contributed by atoms with van der Waals surface area (Å²) in [5.74, 6) is 0. The molecule has 0 spiro atoms. The maximum Gasteiger partial charge on any atom is 0.0964 e. The Labute approximate surface area is 108 Å². The first-order chi connectivity index (χ1) is 8.69. The van der Waals surface area contributed by atoms with E-state index in [4.69, 9.17) is 5.11 Å². The monoisotopic (exact) mass is 253 g/mol. The quantitative estimate of drug-likeness (QED) is 0.763. The van der Waals surface area contributed by atoms with Gasteiger partial charge in [-0.15, -0.1) is 5.10 Å². The first-order valence-corrected chi connectivity index (χ1v) is 6.62. The third-order valence-electron chi connectivity index (χ3n) is 3.70. The number of hydrogen-bond donors (Lipinski definition) is 2. The molecule has 0 amide bonds. The van der Waals surface area contributed by atoms with Gasteiger partial charge >= 0.3 is 0 Å². The second kappa shape index (κ2) is 6.26. The molecule has 2 heterocycles. The van der Waals surface area contributed by atoms with Crippen molar-refractivity contribution in [2.75, 3.05) is 20.2 Å². The van der Waals surface area contributed by atoms with Crippen LogP contribution in [0.25, 0.3) is 0 Å². The van der Waals surface area contributed by atoms with Gasteiger partial charge in [0.1, 0.15) is 0 Å². The molecule has 2 unspecified atom stereocenters. The van der Waals surface area contributed by atoms with Gasteiger partial charge in [0, 0.05) is 24.8 Å². The molecule has 6 heteroatoms. The van der Waals surface area contributed by atoms with E-state index in [2.05, 4.69) is 34.5 Å². The minimum Gasteiger partial charge on any atom is -0.394 e. The lowest BCUT2D eigenvalue weighted by atomic mass is 9.99. The zero-order valence-electron chi connectivity index (χ0n) is 11.2. The second-order valence-corrected chi connectivity index (χ2v) is 5.13. The van der Waals surface area contributed by atoms with Gasteiger partial charge in [0.05, 0.1) is 18.8 Å². The molecule has 1 aromatic heterocycles. The van der Waals surface area contributed by atoms with Gasteiger partial charge in [-0.05, 0) is 33.4 Å². The van der Waals surface area contributed by atoms with Gasteiger partial charge in [-0.25, -0.2) is 4.68 Å². The van der Waals surface area contributed by atoms with Gasteiger partial charge < -0.3 is 15.3 Å². The summed E-state index contributed by atoms with van der Waals surface area (Å²) >= 11 is 0. The molecule has 0 bridgehead atoms. The molecular weight excluding hydrogens is 230 g/mol. The molecule has 0 saturated carbocycles. The van der Waals surface area contributed by atoms with Crippen LogP contribution in [0, 0.1) is 0 Å². The largest absolute Gasteiger partial charge is 0.394 e. The third-order valence-corrected chi connectivity index (χ3v) is 3.70. The van der Waals surface area contributed by atoms with Crippen molar-refractivity contribution in [3.63, 3.8) is 0 Å². The molecule has 0 aliphatic carbocycles. The number of hydrogen-bond acceptors (Lipinski definition) is 5. The van der Waals surface area contributed by atoms with Crippen LogP contribution < -0.4 is 5.32 Å². The number of nitrogens with one attached hydrogen (secondary N) is 1. The van der Waals surface area contributed by atoms with Crippen molar-refractivity contribution in [3.8, 4) is 0 Å². The van der Waals surface area contributed by atoms with Crippen LogP contribution in [-0.4, -0.2) is 57.3 Å². The summed E-state index contributed by atoms with van der Waals surface area (Å²) in [5, 5.41) is 20.4. The van der Waals surface area contributed by atoms with Crippen LogP contribution in [0.4, 0.5) is 0 Å². The van der Waals surface area contributed by atoms with Gasteiger partial charge in [0.2, 0.25) is 0 Å². The van der Waals surface area contributed by atoms with Crippen LogP contribution in [0.5, 0.6) is 0 Å². The summed E-state index contributed by atoms with van der Waals surface area (Å²) in [4.78, 5) is 2.40. The number of aliphatic hydroxyl groups is 1. The van der Waals surface area contributed by atoms with Crippen LogP contribution in [0.1, 0.15) is 25.5 Å². The molecule has 18 heavy (non-hydrogen) atoms. The second-order valence-electron chi connectivity index (χ2n) is 5.13. The van der Waals surface area contributed by atoms with E-state index in [0.29, 0.717) is 18.6 Å². The normalized spacial score (nSPS) is 25.5. The molecule has 2 rings (SSSR count). The number of piperidine rings is 1. The fraction of sp³-hybridized carbons (Fsp3) is 0.833. The average Bonchev–Trinajstić information content (AvgIpc) is 2.79. The molecular formula is C12H23N5O. The summed E-state index contributed by atoms with van der Waals surface area (Å²) in [6, 6.07) is 1.21. The molecule has 1 aliphatic heterocycles. The van der Waals surface area contributed by atoms with Crippen molar-refractivity contribution >= 4 is 0 Å². The van der Waals surface area contributed by atoms with Crippen LogP contribution in [0.3, 0.4) is 0 Å². The van der Waals surface area contributed by atoms with Crippen molar-refractivity contribution in [2.24, 2.45) is 0 Å². The Balaban J connectivity index is 1.77. The highest BCUT2D eigenvalue weighted by atomic mass is 16.3. The number of likely N-dealkylation sites (tertiary alicyclic amines) is 1. The van der Waals surface area contributed by atoms with Crippen LogP contribution >= 0.6 is 0 Å². The molecule has 102 valence electrons. The zero-order valence-corrected chi connectivity index (χ0v) is 11.2. The van der Waals surface area contributed by atoms with E-state index in [-0.39, 0.29) is 6.61 Å². The molecule has 6 nitrogen and oxygen atoms in total. The Morgan fingerprint density at radius 3 is 3.11 bits per heavy atom. The highest BCUT2D eigenvalue weighted by Crippen LogP contribution is 2.15. The Bertz CT molecular complexity index is 367. The Morgan fingerprint density at radius 1 is 1.56 bits per heavy atom. The number of aromatic nitrogens is 3. The number of nitrogens with zero attached hydrogens (tertiary/aromatic N) is 4. The first kappa shape index (κ1) is 13.5. The smallest absolute Gasteiger partial charge is 0.0964 e. The minimum absolute atomic E-state index is 0.0999. The molecule has 0 aromatic carbocycles. The predicted molar refractivity (Wildman–Crippen MR) is 69.1 cm³/mol. The molecule has 1 aliphatic rings. The Kier molecular flexibility index (Phi) is 4.68. The highest BCUT2D eigenvalue weighted by molar-refractivity contribution is 4.93. The molecule has 0 radical (unpaired) electrons. The lowest BCUT2D eigenvalue weighted by Gasteiger charge is -2.35. The third kappa shape index (κ3) is 3.51. The van der Waals surface area contributed by atoms with Gasteiger partial charge in [-0.2, -0.15) is 0 Å². The minimum atomic E-state index is 0.0999. The summed E-state index contributed by atoms with van der Waals surface area (Å²) in [6.07, 6.45) is 4.26. The summed E-state index contributed by atoms with van der Waals surface area (Å²) < 4.78 is 1.67. The highest BCUT2D eigenvalue weighted by Gasteiger charge is 2.22. The molecule has 2 N–H and O–H groups in total. The van der Waals surface area contributed by atoms with Gasteiger partial charge in [0.15, 0.2) is 0 Å². The van der Waals surface area contributed by atoms with Gasteiger partial charge in [-0.3, -0.25) is 0 Å². The number of rotatable bonds is 5. The fourth-order valence-electron chi connectivity index (χ4n) is 2.35. The van der Waals surface area contributed by atoms with E-state index in [9.17, 15) is 0 Å². The van der Waals surface area contributed by atoms with Crippen LogP contribution in [-0.2, 0) is 13.1 Å². The van der Waals surface area contributed by atoms with E-state index < -0.39 is 0 Å². The number of aliphatic hydroxyl groups excluding tert-OH is 1. The van der Waals surface area contributed by atoms with E-state index in [1.165, 1.54) is 12.8 Å².